The molecule has 1 saturated carbocycles. The second kappa shape index (κ2) is 4.41. The smallest absolute Gasteiger partial charge is 0.259 e. The quantitative estimate of drug-likeness (QED) is 0.675. The number of carbonyl (C=O) groups is 1. The molecule has 0 heterocycles. The first-order valence-corrected chi connectivity index (χ1v) is 4.67. The second-order valence-corrected chi connectivity index (χ2v) is 3.48. The maximum Gasteiger partial charge on any atom is 0.259 e. The lowest BCUT2D eigenvalue weighted by molar-refractivity contribution is -0.145. The van der Waals surface area contributed by atoms with Gasteiger partial charge in [0.05, 0.1) is 6.54 Å². The molecule has 1 rings (SSSR count). The van der Waals surface area contributed by atoms with E-state index in [0.29, 0.717) is 12.8 Å². The Morgan fingerprint density at radius 2 is 2.29 bits per heavy atom. The fraction of sp³-hybridized carbons (Fsp3) is 0.700. The molecule has 0 aromatic carbocycles. The van der Waals surface area contributed by atoms with E-state index in [0.717, 1.165) is 0 Å². The Morgan fingerprint density at radius 1 is 1.57 bits per heavy atom. The van der Waals surface area contributed by atoms with E-state index in [9.17, 15) is 13.6 Å². The molecule has 1 unspecified atom stereocenters. The van der Waals surface area contributed by atoms with Crippen LogP contribution in [0.1, 0.15) is 25.7 Å². The van der Waals surface area contributed by atoms with Crippen LogP contribution in [0.4, 0.5) is 8.78 Å². The second-order valence-electron chi connectivity index (χ2n) is 3.48. The minimum atomic E-state index is -2.86. The molecule has 0 radical (unpaired) electrons. The summed E-state index contributed by atoms with van der Waals surface area (Å²) >= 11 is 0. The summed E-state index contributed by atoms with van der Waals surface area (Å²) in [6, 6.07) is 0. The van der Waals surface area contributed by atoms with Gasteiger partial charge in [0.15, 0.2) is 0 Å². The number of nitrogens with one attached hydrogen (secondary N) is 1. The van der Waals surface area contributed by atoms with Gasteiger partial charge < -0.3 is 5.32 Å². The SMILES string of the molecule is C#CCNC(=O)C1CCCCC1(F)F. The summed E-state index contributed by atoms with van der Waals surface area (Å²) in [5, 5.41) is 2.30. The van der Waals surface area contributed by atoms with Crippen LogP contribution in [0, 0.1) is 18.3 Å². The summed E-state index contributed by atoms with van der Waals surface area (Å²) in [5.74, 6) is -2.48. The molecule has 1 aliphatic carbocycles. The lowest BCUT2D eigenvalue weighted by Gasteiger charge is -2.29. The number of terminal acetylenes is 1. The predicted octanol–water partition coefficient (Wildman–Crippen LogP) is 1.56. The minimum Gasteiger partial charge on any atom is -0.345 e. The molecule has 0 aromatic rings. The standard InChI is InChI=1S/C10H13F2NO/c1-2-7-13-9(14)8-5-3-4-6-10(8,11)12/h1,8H,3-7H2,(H,13,14). The highest BCUT2D eigenvalue weighted by molar-refractivity contribution is 5.80. The molecule has 1 N–H and O–H groups in total. The number of hydrogen-bond acceptors (Lipinski definition) is 1. The van der Waals surface area contributed by atoms with E-state index in [1.54, 1.807) is 0 Å². The molecule has 0 saturated heterocycles. The molecule has 1 aliphatic rings. The van der Waals surface area contributed by atoms with Gasteiger partial charge >= 0.3 is 0 Å². The van der Waals surface area contributed by atoms with Gasteiger partial charge in [-0.15, -0.1) is 6.42 Å². The third kappa shape index (κ3) is 2.44. The van der Waals surface area contributed by atoms with Crippen LogP contribution in [0.25, 0.3) is 0 Å². The topological polar surface area (TPSA) is 29.1 Å². The monoisotopic (exact) mass is 201 g/mol. The first kappa shape index (κ1) is 11.0. The Hall–Kier alpha value is -1.11. The van der Waals surface area contributed by atoms with Crippen molar-refractivity contribution in [3.05, 3.63) is 0 Å². The van der Waals surface area contributed by atoms with Crippen LogP contribution in [0.3, 0.4) is 0 Å². The molecule has 78 valence electrons. The zero-order chi connectivity index (χ0) is 10.6. The summed E-state index contributed by atoms with van der Waals surface area (Å²) in [6.07, 6.45) is 6.16. The van der Waals surface area contributed by atoms with Crippen molar-refractivity contribution in [3.63, 3.8) is 0 Å². The van der Waals surface area contributed by atoms with Gasteiger partial charge in [-0.2, -0.15) is 0 Å². The molecule has 2 nitrogen and oxygen atoms in total. The van der Waals surface area contributed by atoms with Gasteiger partial charge in [0.1, 0.15) is 5.92 Å². The van der Waals surface area contributed by atoms with Crippen molar-refractivity contribution in [2.45, 2.75) is 31.6 Å². The van der Waals surface area contributed by atoms with Crippen LogP contribution in [0.2, 0.25) is 0 Å². The largest absolute Gasteiger partial charge is 0.345 e. The maximum atomic E-state index is 13.2. The molecular weight excluding hydrogens is 188 g/mol. The molecule has 0 aliphatic heterocycles. The zero-order valence-corrected chi connectivity index (χ0v) is 7.85. The third-order valence-electron chi connectivity index (χ3n) is 2.44. The summed E-state index contributed by atoms with van der Waals surface area (Å²) in [5.41, 5.74) is 0. The number of carbonyl (C=O) groups excluding carboxylic acids is 1. The molecule has 0 bridgehead atoms. The Kier molecular flexibility index (Phi) is 3.45. The Labute approximate surface area is 82.1 Å². The van der Waals surface area contributed by atoms with Crippen molar-refractivity contribution in [1.29, 1.82) is 0 Å². The summed E-state index contributed by atoms with van der Waals surface area (Å²) in [6.45, 7) is 0.0193. The van der Waals surface area contributed by atoms with E-state index in [-0.39, 0.29) is 19.4 Å². The first-order valence-electron chi connectivity index (χ1n) is 4.67. The Morgan fingerprint density at radius 3 is 2.86 bits per heavy atom. The highest BCUT2D eigenvalue weighted by atomic mass is 19.3. The predicted molar refractivity (Wildman–Crippen MR) is 48.7 cm³/mol. The van der Waals surface area contributed by atoms with Crippen molar-refractivity contribution in [3.8, 4) is 12.3 Å². The number of alkyl halides is 2. The van der Waals surface area contributed by atoms with Crippen LogP contribution >= 0.6 is 0 Å². The van der Waals surface area contributed by atoms with E-state index in [1.165, 1.54) is 0 Å². The Bertz CT molecular complexity index is 257. The van der Waals surface area contributed by atoms with E-state index in [2.05, 4.69) is 11.2 Å². The number of hydrogen-bond donors (Lipinski definition) is 1. The van der Waals surface area contributed by atoms with Crippen LogP contribution < -0.4 is 5.32 Å². The van der Waals surface area contributed by atoms with Crippen molar-refractivity contribution < 1.29 is 13.6 Å². The fourth-order valence-electron chi connectivity index (χ4n) is 1.68. The van der Waals surface area contributed by atoms with Gasteiger partial charge in [-0.1, -0.05) is 12.3 Å². The average Bonchev–Trinajstić information content (AvgIpc) is 2.13. The van der Waals surface area contributed by atoms with Crippen molar-refractivity contribution in [1.82, 2.24) is 5.32 Å². The molecular formula is C10H13F2NO. The van der Waals surface area contributed by atoms with Crippen LogP contribution in [0.15, 0.2) is 0 Å². The Balaban J connectivity index is 2.56. The van der Waals surface area contributed by atoms with E-state index in [4.69, 9.17) is 6.42 Å². The van der Waals surface area contributed by atoms with Gasteiger partial charge in [-0.3, -0.25) is 4.79 Å². The highest BCUT2D eigenvalue weighted by Crippen LogP contribution is 2.38. The number of amides is 1. The molecule has 1 atom stereocenters. The summed E-state index contributed by atoms with van der Waals surface area (Å²) in [7, 11) is 0. The molecule has 0 spiro atoms. The summed E-state index contributed by atoms with van der Waals surface area (Å²) in [4.78, 5) is 11.3. The highest BCUT2D eigenvalue weighted by Gasteiger charge is 2.45. The van der Waals surface area contributed by atoms with E-state index >= 15 is 0 Å². The normalized spacial score (nSPS) is 25.1. The van der Waals surface area contributed by atoms with Crippen LogP contribution in [0.5, 0.6) is 0 Å². The zero-order valence-electron chi connectivity index (χ0n) is 7.85. The van der Waals surface area contributed by atoms with Gasteiger partial charge in [0, 0.05) is 6.42 Å². The van der Waals surface area contributed by atoms with Crippen LogP contribution in [-0.4, -0.2) is 18.4 Å². The lowest BCUT2D eigenvalue weighted by Crippen LogP contribution is -2.43. The molecule has 0 aromatic heterocycles. The third-order valence-corrected chi connectivity index (χ3v) is 2.44. The first-order chi connectivity index (χ1) is 6.58. The number of rotatable bonds is 2. The number of halogens is 2. The molecule has 1 fully saturated rings. The van der Waals surface area contributed by atoms with Gasteiger partial charge in [0.2, 0.25) is 5.91 Å². The fourth-order valence-corrected chi connectivity index (χ4v) is 1.68. The van der Waals surface area contributed by atoms with Crippen LogP contribution in [-0.2, 0) is 4.79 Å². The van der Waals surface area contributed by atoms with E-state index < -0.39 is 17.7 Å². The molecule has 4 heteroatoms. The van der Waals surface area contributed by atoms with E-state index in [1.807, 2.05) is 0 Å². The molecule has 1 amide bonds. The molecule has 14 heavy (non-hydrogen) atoms. The van der Waals surface area contributed by atoms with Crippen molar-refractivity contribution in [2.24, 2.45) is 5.92 Å². The lowest BCUT2D eigenvalue weighted by atomic mass is 9.85. The van der Waals surface area contributed by atoms with Gasteiger partial charge in [-0.05, 0) is 12.8 Å². The van der Waals surface area contributed by atoms with Gasteiger partial charge in [0.25, 0.3) is 5.92 Å². The van der Waals surface area contributed by atoms with Crippen molar-refractivity contribution >= 4 is 5.91 Å². The van der Waals surface area contributed by atoms with Gasteiger partial charge in [-0.25, -0.2) is 8.78 Å². The summed E-state index contributed by atoms with van der Waals surface area (Å²) < 4.78 is 26.5. The minimum absolute atomic E-state index is 0.0193. The van der Waals surface area contributed by atoms with Crippen molar-refractivity contribution in [2.75, 3.05) is 6.54 Å². The maximum absolute atomic E-state index is 13.2. The average molecular weight is 201 g/mol.